The Labute approximate surface area is 72.3 Å². The Balaban J connectivity index is 2.94. The smallest absolute Gasteiger partial charge is 0.394 e. The van der Waals surface area contributed by atoms with Gasteiger partial charge in [0.05, 0.1) is 5.69 Å². The van der Waals surface area contributed by atoms with Crippen molar-refractivity contribution in [1.29, 1.82) is 0 Å². The number of nitrogens with two attached hydrogens (primary N) is 1. The monoisotopic (exact) mass is 192 g/mol. The highest BCUT2D eigenvalue weighted by atomic mass is 19.4. The number of aryl methyl sites for hydroxylation is 1. The van der Waals surface area contributed by atoms with Crippen molar-refractivity contribution in [3.8, 4) is 5.88 Å². The van der Waals surface area contributed by atoms with Crippen molar-refractivity contribution in [3.05, 3.63) is 17.8 Å². The zero-order valence-electron chi connectivity index (χ0n) is 6.72. The lowest BCUT2D eigenvalue weighted by molar-refractivity contribution is -0.275. The number of nitrogen functional groups attached to an aromatic ring is 1. The summed E-state index contributed by atoms with van der Waals surface area (Å²) in [6.07, 6.45) is -4.76. The molecule has 2 N–H and O–H groups in total. The Morgan fingerprint density at radius 3 is 2.54 bits per heavy atom. The molecular formula is C7H7F3N2O. The minimum absolute atomic E-state index is 0.136. The molecule has 6 heteroatoms. The van der Waals surface area contributed by atoms with E-state index in [0.29, 0.717) is 5.69 Å². The summed E-state index contributed by atoms with van der Waals surface area (Å²) in [5.74, 6) is -0.604. The van der Waals surface area contributed by atoms with Gasteiger partial charge in [0.1, 0.15) is 0 Å². The van der Waals surface area contributed by atoms with E-state index in [9.17, 15) is 13.2 Å². The van der Waals surface area contributed by atoms with Crippen LogP contribution in [0, 0.1) is 6.92 Å². The quantitative estimate of drug-likeness (QED) is 0.738. The van der Waals surface area contributed by atoms with Crippen LogP contribution in [0.1, 0.15) is 5.69 Å². The molecule has 0 amide bonds. The van der Waals surface area contributed by atoms with Crippen LogP contribution < -0.4 is 10.5 Å². The van der Waals surface area contributed by atoms with Gasteiger partial charge in [-0.2, -0.15) is 0 Å². The fourth-order valence-electron chi connectivity index (χ4n) is 0.735. The van der Waals surface area contributed by atoms with Crippen molar-refractivity contribution in [1.82, 2.24) is 4.98 Å². The molecule has 3 nitrogen and oxygen atoms in total. The van der Waals surface area contributed by atoms with E-state index < -0.39 is 12.2 Å². The van der Waals surface area contributed by atoms with Crippen molar-refractivity contribution in [3.63, 3.8) is 0 Å². The van der Waals surface area contributed by atoms with Gasteiger partial charge in [-0.3, -0.25) is 0 Å². The summed E-state index contributed by atoms with van der Waals surface area (Å²) in [6.45, 7) is 1.54. The number of halogens is 3. The molecule has 0 aliphatic heterocycles. The summed E-state index contributed by atoms with van der Waals surface area (Å²) < 4.78 is 38.8. The molecule has 72 valence electrons. The Morgan fingerprint density at radius 2 is 2.00 bits per heavy atom. The predicted molar refractivity (Wildman–Crippen MR) is 40.1 cm³/mol. The van der Waals surface area contributed by atoms with E-state index in [2.05, 4.69) is 9.72 Å². The molecule has 0 unspecified atom stereocenters. The van der Waals surface area contributed by atoms with Crippen molar-refractivity contribution in [2.24, 2.45) is 0 Å². The maximum absolute atomic E-state index is 11.7. The maximum atomic E-state index is 11.7. The molecule has 0 bridgehead atoms. The minimum atomic E-state index is -4.76. The summed E-state index contributed by atoms with van der Waals surface area (Å²) in [7, 11) is 0. The van der Waals surface area contributed by atoms with Gasteiger partial charge in [-0.25, -0.2) is 4.98 Å². The zero-order chi connectivity index (χ0) is 10.1. The number of aromatic nitrogens is 1. The molecule has 0 fully saturated rings. The van der Waals surface area contributed by atoms with Crippen LogP contribution in [0.25, 0.3) is 0 Å². The molecule has 1 rings (SSSR count). The lowest BCUT2D eigenvalue weighted by atomic mass is 10.3. The van der Waals surface area contributed by atoms with Crippen molar-refractivity contribution < 1.29 is 17.9 Å². The number of pyridine rings is 1. The average molecular weight is 192 g/mol. The third-order valence-electron chi connectivity index (χ3n) is 1.24. The molecule has 1 aromatic rings. The molecule has 0 aliphatic rings. The van der Waals surface area contributed by atoms with Crippen molar-refractivity contribution >= 4 is 5.69 Å². The molecule has 0 radical (unpaired) electrons. The first kappa shape index (κ1) is 9.63. The van der Waals surface area contributed by atoms with Gasteiger partial charge in [-0.15, -0.1) is 13.2 Å². The lowest BCUT2D eigenvalue weighted by Gasteiger charge is -2.09. The van der Waals surface area contributed by atoms with E-state index in [-0.39, 0.29) is 5.69 Å². The van der Waals surface area contributed by atoms with Crippen molar-refractivity contribution in [2.45, 2.75) is 13.3 Å². The number of ether oxygens (including phenoxy) is 1. The second kappa shape index (κ2) is 3.12. The van der Waals surface area contributed by atoms with Crippen LogP contribution in [-0.2, 0) is 0 Å². The SMILES string of the molecule is Cc1ccc(N)c(OC(F)(F)F)n1. The third-order valence-corrected chi connectivity index (χ3v) is 1.24. The van der Waals surface area contributed by atoms with Crippen LogP contribution in [0.15, 0.2) is 12.1 Å². The van der Waals surface area contributed by atoms with Gasteiger partial charge >= 0.3 is 6.36 Å². The Morgan fingerprint density at radius 1 is 1.38 bits per heavy atom. The number of alkyl halides is 3. The van der Waals surface area contributed by atoms with Crippen LogP contribution in [0.3, 0.4) is 0 Å². The van der Waals surface area contributed by atoms with E-state index >= 15 is 0 Å². The summed E-state index contributed by atoms with van der Waals surface area (Å²) in [5.41, 5.74) is 5.48. The van der Waals surface area contributed by atoms with Gasteiger partial charge < -0.3 is 10.5 Å². The molecule has 0 aromatic carbocycles. The summed E-state index contributed by atoms with van der Waals surface area (Å²) in [4.78, 5) is 3.49. The molecule has 0 spiro atoms. The molecule has 1 aromatic heterocycles. The number of hydrogen-bond acceptors (Lipinski definition) is 3. The van der Waals surface area contributed by atoms with E-state index in [1.54, 1.807) is 6.92 Å². The second-order valence-corrected chi connectivity index (χ2v) is 2.39. The van der Waals surface area contributed by atoms with Gasteiger partial charge in [0.15, 0.2) is 0 Å². The highest BCUT2D eigenvalue weighted by Crippen LogP contribution is 2.25. The molecule has 0 aliphatic carbocycles. The van der Waals surface area contributed by atoms with E-state index in [4.69, 9.17) is 5.73 Å². The van der Waals surface area contributed by atoms with Crippen LogP contribution in [0.2, 0.25) is 0 Å². The van der Waals surface area contributed by atoms with Crippen molar-refractivity contribution in [2.75, 3.05) is 5.73 Å². The number of nitrogens with zero attached hydrogens (tertiary/aromatic N) is 1. The fourth-order valence-corrected chi connectivity index (χ4v) is 0.735. The topological polar surface area (TPSA) is 48.1 Å². The maximum Gasteiger partial charge on any atom is 0.574 e. The number of rotatable bonds is 1. The largest absolute Gasteiger partial charge is 0.574 e. The average Bonchev–Trinajstić information content (AvgIpc) is 1.94. The summed E-state index contributed by atoms with van der Waals surface area (Å²) >= 11 is 0. The first-order valence-corrected chi connectivity index (χ1v) is 3.37. The second-order valence-electron chi connectivity index (χ2n) is 2.39. The van der Waals surface area contributed by atoms with Gasteiger partial charge in [0, 0.05) is 5.69 Å². The molecule has 0 atom stereocenters. The standard InChI is InChI=1S/C7H7F3N2O/c1-4-2-3-5(11)6(12-4)13-7(8,9)10/h2-3H,11H2,1H3. The highest BCUT2D eigenvalue weighted by molar-refractivity contribution is 5.48. The number of anilines is 1. The lowest BCUT2D eigenvalue weighted by Crippen LogP contribution is -2.19. The van der Waals surface area contributed by atoms with Crippen LogP contribution in [0.4, 0.5) is 18.9 Å². The van der Waals surface area contributed by atoms with E-state index in [1.807, 2.05) is 0 Å². The summed E-state index contributed by atoms with van der Waals surface area (Å²) in [5, 5.41) is 0. The van der Waals surface area contributed by atoms with Crippen LogP contribution in [-0.4, -0.2) is 11.3 Å². The molecule has 1 heterocycles. The third kappa shape index (κ3) is 2.81. The zero-order valence-corrected chi connectivity index (χ0v) is 6.72. The first-order valence-electron chi connectivity index (χ1n) is 3.37. The summed E-state index contributed by atoms with van der Waals surface area (Å²) in [6, 6.07) is 2.81. The Bertz CT molecular complexity index is 311. The molecule has 0 saturated heterocycles. The van der Waals surface area contributed by atoms with Gasteiger partial charge in [-0.05, 0) is 19.1 Å². The van der Waals surface area contributed by atoms with Crippen LogP contribution >= 0.6 is 0 Å². The minimum Gasteiger partial charge on any atom is -0.394 e. The normalized spacial score (nSPS) is 11.4. The van der Waals surface area contributed by atoms with E-state index in [1.165, 1.54) is 12.1 Å². The Hall–Kier alpha value is -1.46. The first-order chi connectivity index (χ1) is 5.88. The van der Waals surface area contributed by atoms with Gasteiger partial charge in [0.2, 0.25) is 5.88 Å². The predicted octanol–water partition coefficient (Wildman–Crippen LogP) is 1.87. The highest BCUT2D eigenvalue weighted by Gasteiger charge is 2.32. The van der Waals surface area contributed by atoms with Gasteiger partial charge in [-0.1, -0.05) is 0 Å². The fraction of sp³-hybridized carbons (Fsp3) is 0.286. The number of hydrogen-bond donors (Lipinski definition) is 1. The Kier molecular flexibility index (Phi) is 2.31. The van der Waals surface area contributed by atoms with Crippen LogP contribution in [0.5, 0.6) is 5.88 Å². The van der Waals surface area contributed by atoms with E-state index in [0.717, 1.165) is 0 Å². The molecular weight excluding hydrogens is 185 g/mol. The molecule has 13 heavy (non-hydrogen) atoms. The molecule has 0 saturated carbocycles. The van der Waals surface area contributed by atoms with Gasteiger partial charge in [0.25, 0.3) is 0 Å².